The fraction of sp³-hybridized carbons (Fsp3) is 0.385. The zero-order valence-electron chi connectivity index (χ0n) is 9.71. The van der Waals surface area contributed by atoms with Gasteiger partial charge in [-0.3, -0.25) is 4.79 Å². The summed E-state index contributed by atoms with van der Waals surface area (Å²) in [5, 5.41) is 9.86. The average molecular weight is 270 g/mol. The number of carbonyl (C=O) groups is 1. The molecule has 0 spiro atoms. The Bertz CT molecular complexity index is 463. The molecule has 0 aliphatic heterocycles. The maximum absolute atomic E-state index is 11.9. The van der Waals surface area contributed by atoms with Gasteiger partial charge in [-0.05, 0) is 23.6 Å². The third-order valence-electron chi connectivity index (χ3n) is 2.34. The van der Waals surface area contributed by atoms with Crippen molar-refractivity contribution in [1.29, 1.82) is 5.26 Å². The van der Waals surface area contributed by atoms with Gasteiger partial charge in [-0.2, -0.15) is 5.26 Å². The summed E-state index contributed by atoms with van der Waals surface area (Å²) in [6, 6.07) is 6.87. The predicted molar refractivity (Wildman–Crippen MR) is 69.3 cm³/mol. The molecule has 1 atom stereocenters. The molecule has 0 saturated carbocycles. The maximum atomic E-state index is 11.9. The molecule has 1 rings (SSSR count). The number of nitrogens with zero attached hydrogens (tertiary/aromatic N) is 1. The van der Waals surface area contributed by atoms with Gasteiger partial charge in [-0.25, -0.2) is 0 Å². The first kappa shape index (κ1) is 14.0. The summed E-state index contributed by atoms with van der Waals surface area (Å²) < 4.78 is 0. The van der Waals surface area contributed by atoms with Gasteiger partial charge < -0.3 is 0 Å². The maximum Gasteiger partial charge on any atom is 0.154 e. The van der Waals surface area contributed by atoms with Gasteiger partial charge in [0.15, 0.2) is 5.78 Å². The molecule has 4 heteroatoms. The van der Waals surface area contributed by atoms with Gasteiger partial charge in [0, 0.05) is 6.42 Å². The summed E-state index contributed by atoms with van der Waals surface area (Å²) in [7, 11) is 0. The molecule has 0 aliphatic rings. The van der Waals surface area contributed by atoms with E-state index in [4.69, 9.17) is 28.5 Å². The molecule has 1 aromatic rings. The van der Waals surface area contributed by atoms with E-state index in [0.717, 1.165) is 0 Å². The molecule has 0 aromatic heterocycles. The largest absolute Gasteiger partial charge is 0.298 e. The number of benzene rings is 1. The SMILES string of the molecule is CC(C)CC(=O)C(C#N)c1ccc(Cl)c(Cl)c1. The van der Waals surface area contributed by atoms with E-state index in [-0.39, 0.29) is 11.7 Å². The van der Waals surface area contributed by atoms with E-state index in [1.54, 1.807) is 18.2 Å². The standard InChI is InChI=1S/C13H13Cl2NO/c1-8(2)5-13(17)10(7-16)9-3-4-11(14)12(15)6-9/h3-4,6,8,10H,5H2,1-2H3. The highest BCUT2D eigenvalue weighted by Crippen LogP contribution is 2.27. The zero-order chi connectivity index (χ0) is 13.0. The highest BCUT2D eigenvalue weighted by molar-refractivity contribution is 6.42. The Morgan fingerprint density at radius 3 is 2.47 bits per heavy atom. The van der Waals surface area contributed by atoms with Crippen molar-refractivity contribution in [3.8, 4) is 6.07 Å². The van der Waals surface area contributed by atoms with Crippen LogP contribution in [0.4, 0.5) is 0 Å². The van der Waals surface area contributed by atoms with E-state index in [1.165, 1.54) is 0 Å². The van der Waals surface area contributed by atoms with Crippen LogP contribution in [0.3, 0.4) is 0 Å². The monoisotopic (exact) mass is 269 g/mol. The molecule has 90 valence electrons. The minimum Gasteiger partial charge on any atom is -0.298 e. The van der Waals surface area contributed by atoms with Crippen LogP contribution in [0.2, 0.25) is 10.0 Å². The summed E-state index contributed by atoms with van der Waals surface area (Å²) in [5.41, 5.74) is 0.604. The van der Waals surface area contributed by atoms with Crippen LogP contribution in [-0.4, -0.2) is 5.78 Å². The second kappa shape index (κ2) is 6.05. The second-order valence-electron chi connectivity index (χ2n) is 4.30. The molecule has 0 fully saturated rings. The fourth-order valence-corrected chi connectivity index (χ4v) is 1.85. The zero-order valence-corrected chi connectivity index (χ0v) is 11.2. The molecule has 0 amide bonds. The molecular formula is C13H13Cl2NO. The molecular weight excluding hydrogens is 257 g/mol. The Kier molecular flexibility index (Phi) is 4.99. The van der Waals surface area contributed by atoms with Gasteiger partial charge in [0.1, 0.15) is 5.92 Å². The summed E-state index contributed by atoms with van der Waals surface area (Å²) in [5.74, 6) is -0.603. The van der Waals surface area contributed by atoms with Crippen molar-refractivity contribution in [3.63, 3.8) is 0 Å². The van der Waals surface area contributed by atoms with E-state index in [0.29, 0.717) is 22.0 Å². The van der Waals surface area contributed by atoms with Crippen LogP contribution in [0.15, 0.2) is 18.2 Å². The minimum atomic E-state index is -0.757. The van der Waals surface area contributed by atoms with Crippen molar-refractivity contribution in [2.75, 3.05) is 0 Å². The molecule has 0 saturated heterocycles. The fourth-order valence-electron chi connectivity index (χ4n) is 1.54. The van der Waals surface area contributed by atoms with Gasteiger partial charge >= 0.3 is 0 Å². The highest BCUT2D eigenvalue weighted by atomic mass is 35.5. The number of Topliss-reactive ketones (excluding diaryl/α,β-unsaturated/α-hetero) is 1. The lowest BCUT2D eigenvalue weighted by Crippen LogP contribution is -2.13. The Morgan fingerprint density at radius 1 is 1.35 bits per heavy atom. The number of hydrogen-bond acceptors (Lipinski definition) is 2. The quantitative estimate of drug-likeness (QED) is 0.822. The first-order chi connectivity index (χ1) is 7.95. The molecule has 17 heavy (non-hydrogen) atoms. The smallest absolute Gasteiger partial charge is 0.154 e. The van der Waals surface area contributed by atoms with Crippen LogP contribution < -0.4 is 0 Å². The topological polar surface area (TPSA) is 40.9 Å². The van der Waals surface area contributed by atoms with Crippen molar-refractivity contribution in [2.24, 2.45) is 5.92 Å². The Hall–Kier alpha value is -1.04. The molecule has 1 aromatic carbocycles. The summed E-state index contributed by atoms with van der Waals surface area (Å²) in [4.78, 5) is 11.9. The van der Waals surface area contributed by atoms with Crippen molar-refractivity contribution in [2.45, 2.75) is 26.2 Å². The number of rotatable bonds is 4. The number of carbonyl (C=O) groups excluding carboxylic acids is 1. The Morgan fingerprint density at radius 2 is 2.00 bits per heavy atom. The lowest BCUT2D eigenvalue weighted by atomic mass is 9.91. The summed E-state index contributed by atoms with van der Waals surface area (Å²) >= 11 is 11.7. The Balaban J connectivity index is 2.98. The highest BCUT2D eigenvalue weighted by Gasteiger charge is 2.21. The first-order valence-electron chi connectivity index (χ1n) is 5.33. The lowest BCUT2D eigenvalue weighted by Gasteiger charge is -2.11. The van der Waals surface area contributed by atoms with Crippen molar-refractivity contribution in [1.82, 2.24) is 0 Å². The average Bonchev–Trinajstić information content (AvgIpc) is 2.23. The molecule has 0 aliphatic carbocycles. The number of nitriles is 1. The van der Waals surface area contributed by atoms with Crippen LogP contribution >= 0.6 is 23.2 Å². The van der Waals surface area contributed by atoms with E-state index >= 15 is 0 Å². The number of hydrogen-bond donors (Lipinski definition) is 0. The van der Waals surface area contributed by atoms with Crippen LogP contribution in [-0.2, 0) is 4.79 Å². The molecule has 2 nitrogen and oxygen atoms in total. The van der Waals surface area contributed by atoms with Gasteiger partial charge in [0.05, 0.1) is 16.1 Å². The van der Waals surface area contributed by atoms with Crippen LogP contribution in [0.1, 0.15) is 31.7 Å². The van der Waals surface area contributed by atoms with Gasteiger partial charge in [-0.15, -0.1) is 0 Å². The number of ketones is 1. The second-order valence-corrected chi connectivity index (χ2v) is 5.11. The Labute approximate surface area is 111 Å². The molecule has 0 bridgehead atoms. The molecule has 0 radical (unpaired) electrons. The van der Waals surface area contributed by atoms with Crippen LogP contribution in [0, 0.1) is 17.2 Å². The van der Waals surface area contributed by atoms with E-state index in [9.17, 15) is 4.79 Å². The van der Waals surface area contributed by atoms with E-state index in [2.05, 4.69) is 0 Å². The summed E-state index contributed by atoms with van der Waals surface area (Å²) in [6.45, 7) is 3.89. The lowest BCUT2D eigenvalue weighted by molar-refractivity contribution is -0.120. The van der Waals surface area contributed by atoms with Crippen LogP contribution in [0.5, 0.6) is 0 Å². The van der Waals surface area contributed by atoms with Gasteiger partial charge in [-0.1, -0.05) is 43.1 Å². The van der Waals surface area contributed by atoms with Crippen molar-refractivity contribution >= 4 is 29.0 Å². The molecule has 0 heterocycles. The molecule has 0 N–H and O–H groups in total. The van der Waals surface area contributed by atoms with Crippen molar-refractivity contribution in [3.05, 3.63) is 33.8 Å². The van der Waals surface area contributed by atoms with Gasteiger partial charge in [0.25, 0.3) is 0 Å². The third kappa shape index (κ3) is 3.73. The third-order valence-corrected chi connectivity index (χ3v) is 3.08. The normalized spacial score (nSPS) is 12.2. The molecule has 1 unspecified atom stereocenters. The first-order valence-corrected chi connectivity index (χ1v) is 6.08. The van der Waals surface area contributed by atoms with Crippen LogP contribution in [0.25, 0.3) is 0 Å². The minimum absolute atomic E-state index is 0.0825. The van der Waals surface area contributed by atoms with E-state index in [1.807, 2.05) is 19.9 Å². The van der Waals surface area contributed by atoms with E-state index < -0.39 is 5.92 Å². The van der Waals surface area contributed by atoms with Crippen molar-refractivity contribution < 1.29 is 4.79 Å². The predicted octanol–water partition coefficient (Wildman–Crippen LogP) is 4.22. The number of halogens is 2. The van der Waals surface area contributed by atoms with Gasteiger partial charge in [0.2, 0.25) is 0 Å². The summed E-state index contributed by atoms with van der Waals surface area (Å²) in [6.07, 6.45) is 0.387.